The monoisotopic (exact) mass is 483 g/mol. The number of phosphoric ester groups is 1. The van der Waals surface area contributed by atoms with Crippen molar-refractivity contribution in [3.63, 3.8) is 0 Å². The molecule has 0 saturated heterocycles. The lowest BCUT2D eigenvalue weighted by Gasteiger charge is -2.25. The molecule has 0 aliphatic heterocycles. The lowest BCUT2D eigenvalue weighted by atomic mass is 10.0. The summed E-state index contributed by atoms with van der Waals surface area (Å²) in [7, 11) is -4.74. The molecular weight excluding hydrogens is 439 g/mol. The van der Waals surface area contributed by atoms with Crippen molar-refractivity contribution in [2.75, 3.05) is 26.4 Å². The average molecular weight is 484 g/mol. The SMILES string of the molecule is CCCCCCCCCCCCCCCC(=O)O[C@H](CO)COP(=O)([O-])OC[C@@H](O)CO. The summed E-state index contributed by atoms with van der Waals surface area (Å²) in [5, 5.41) is 27.0. The maximum Gasteiger partial charge on any atom is 0.306 e. The van der Waals surface area contributed by atoms with Crippen molar-refractivity contribution in [1.29, 1.82) is 0 Å². The zero-order valence-corrected chi connectivity index (χ0v) is 20.5. The van der Waals surface area contributed by atoms with Crippen LogP contribution >= 0.6 is 7.82 Å². The predicted octanol–water partition coefficient (Wildman–Crippen LogP) is 3.23. The van der Waals surface area contributed by atoms with Crippen LogP contribution in [-0.4, -0.2) is 59.9 Å². The zero-order valence-electron chi connectivity index (χ0n) is 19.6. The summed E-state index contributed by atoms with van der Waals surface area (Å²) in [6, 6.07) is 0. The normalized spacial score (nSPS) is 15.3. The Bertz CT molecular complexity index is 490. The van der Waals surface area contributed by atoms with Gasteiger partial charge in [-0.25, -0.2) is 0 Å². The Kier molecular flexibility index (Phi) is 20.7. The molecule has 0 fully saturated rings. The van der Waals surface area contributed by atoms with E-state index in [0.29, 0.717) is 6.42 Å². The van der Waals surface area contributed by atoms with E-state index in [-0.39, 0.29) is 6.42 Å². The highest BCUT2D eigenvalue weighted by Crippen LogP contribution is 2.38. The van der Waals surface area contributed by atoms with E-state index in [0.717, 1.165) is 19.3 Å². The van der Waals surface area contributed by atoms with Crippen LogP contribution in [-0.2, 0) is 23.1 Å². The molecule has 0 aliphatic rings. The molecular formula is C22H44O9P-. The molecule has 9 nitrogen and oxygen atoms in total. The number of rotatable bonds is 23. The van der Waals surface area contributed by atoms with Crippen LogP contribution in [0.2, 0.25) is 0 Å². The zero-order chi connectivity index (χ0) is 24.1. The topological polar surface area (TPSA) is 146 Å². The number of aliphatic hydroxyl groups excluding tert-OH is 3. The number of esters is 1. The van der Waals surface area contributed by atoms with Gasteiger partial charge in [-0.05, 0) is 6.42 Å². The molecule has 1 unspecified atom stereocenters. The van der Waals surface area contributed by atoms with Crippen LogP contribution in [0.15, 0.2) is 0 Å². The van der Waals surface area contributed by atoms with Crippen LogP contribution in [0, 0.1) is 0 Å². The first-order valence-electron chi connectivity index (χ1n) is 12.0. The molecule has 0 amide bonds. The quantitative estimate of drug-likeness (QED) is 0.113. The third kappa shape index (κ3) is 20.1. The molecule has 10 heteroatoms. The molecule has 0 rings (SSSR count). The molecule has 32 heavy (non-hydrogen) atoms. The van der Waals surface area contributed by atoms with Gasteiger partial charge in [0.25, 0.3) is 7.82 Å². The predicted molar refractivity (Wildman–Crippen MR) is 120 cm³/mol. The van der Waals surface area contributed by atoms with Gasteiger partial charge in [-0.1, -0.05) is 84.0 Å². The van der Waals surface area contributed by atoms with Crippen molar-refractivity contribution < 1.29 is 43.4 Å². The van der Waals surface area contributed by atoms with E-state index < -0.39 is 52.4 Å². The summed E-state index contributed by atoms with van der Waals surface area (Å²) < 4.78 is 25.5. The minimum absolute atomic E-state index is 0.197. The van der Waals surface area contributed by atoms with Gasteiger partial charge in [-0.3, -0.25) is 9.36 Å². The van der Waals surface area contributed by atoms with Crippen LogP contribution < -0.4 is 4.89 Å². The Balaban J connectivity index is 3.71. The maximum absolute atomic E-state index is 11.9. The van der Waals surface area contributed by atoms with Gasteiger partial charge in [0.15, 0.2) is 0 Å². The number of carbonyl (C=O) groups is 1. The van der Waals surface area contributed by atoms with Crippen LogP contribution in [0.3, 0.4) is 0 Å². The molecule has 0 heterocycles. The molecule has 0 spiro atoms. The number of phosphoric acid groups is 1. The summed E-state index contributed by atoms with van der Waals surface area (Å²) in [4.78, 5) is 23.4. The Morgan fingerprint density at radius 1 is 0.812 bits per heavy atom. The minimum atomic E-state index is -4.74. The van der Waals surface area contributed by atoms with Gasteiger partial charge in [0.05, 0.1) is 26.4 Å². The Morgan fingerprint density at radius 2 is 1.28 bits per heavy atom. The molecule has 0 radical (unpaired) electrons. The fourth-order valence-electron chi connectivity index (χ4n) is 3.10. The molecule has 0 aromatic carbocycles. The van der Waals surface area contributed by atoms with Gasteiger partial charge < -0.3 is 34.0 Å². The molecule has 0 bridgehead atoms. The van der Waals surface area contributed by atoms with Crippen molar-refractivity contribution in [3.05, 3.63) is 0 Å². The van der Waals surface area contributed by atoms with E-state index in [1.54, 1.807) is 0 Å². The van der Waals surface area contributed by atoms with Crippen LogP contribution in [0.1, 0.15) is 96.8 Å². The van der Waals surface area contributed by atoms with Crippen molar-refractivity contribution in [1.82, 2.24) is 0 Å². The Labute approximate surface area is 193 Å². The second kappa shape index (κ2) is 21.0. The largest absolute Gasteiger partial charge is 0.756 e. The number of unbranched alkanes of at least 4 members (excludes halogenated alkanes) is 12. The average Bonchev–Trinajstić information content (AvgIpc) is 2.78. The highest BCUT2D eigenvalue weighted by atomic mass is 31.2. The molecule has 0 aromatic rings. The fraction of sp³-hybridized carbons (Fsp3) is 0.955. The third-order valence-corrected chi connectivity index (χ3v) is 5.97. The van der Waals surface area contributed by atoms with E-state index in [4.69, 9.17) is 14.9 Å². The van der Waals surface area contributed by atoms with E-state index in [2.05, 4.69) is 16.0 Å². The molecule has 0 aromatic heterocycles. The van der Waals surface area contributed by atoms with Gasteiger partial charge in [-0.2, -0.15) is 0 Å². The van der Waals surface area contributed by atoms with E-state index in [9.17, 15) is 19.4 Å². The molecule has 3 N–H and O–H groups in total. The smallest absolute Gasteiger partial charge is 0.306 e. The van der Waals surface area contributed by atoms with E-state index >= 15 is 0 Å². The lowest BCUT2D eigenvalue weighted by Crippen LogP contribution is -2.28. The highest BCUT2D eigenvalue weighted by molar-refractivity contribution is 7.45. The van der Waals surface area contributed by atoms with Gasteiger partial charge in [-0.15, -0.1) is 0 Å². The highest BCUT2D eigenvalue weighted by Gasteiger charge is 2.19. The Hall–Kier alpha value is -0.540. The van der Waals surface area contributed by atoms with Crippen LogP contribution in [0.5, 0.6) is 0 Å². The first-order chi connectivity index (χ1) is 15.3. The number of aliphatic hydroxyl groups is 3. The fourth-order valence-corrected chi connectivity index (χ4v) is 3.88. The van der Waals surface area contributed by atoms with Crippen LogP contribution in [0.25, 0.3) is 0 Å². The first kappa shape index (κ1) is 31.5. The first-order valence-corrected chi connectivity index (χ1v) is 13.5. The lowest BCUT2D eigenvalue weighted by molar-refractivity contribution is -0.230. The summed E-state index contributed by atoms with van der Waals surface area (Å²) in [6.07, 6.45) is 13.3. The van der Waals surface area contributed by atoms with Crippen molar-refractivity contribution in [2.45, 2.75) is 109 Å². The van der Waals surface area contributed by atoms with Crippen molar-refractivity contribution in [2.24, 2.45) is 0 Å². The third-order valence-electron chi connectivity index (χ3n) is 5.04. The Morgan fingerprint density at radius 3 is 1.75 bits per heavy atom. The summed E-state index contributed by atoms with van der Waals surface area (Å²) >= 11 is 0. The standard InChI is InChI=1S/C22H45O9P/c1-2-3-4-5-6-7-8-9-10-11-12-13-14-15-22(26)31-21(17-24)19-30-32(27,28)29-18-20(25)16-23/h20-21,23-25H,2-19H2,1H3,(H,27,28)/p-1/t20-,21+/m0/s1. The summed E-state index contributed by atoms with van der Waals surface area (Å²) in [5.41, 5.74) is 0. The molecule has 0 aliphatic carbocycles. The number of ether oxygens (including phenoxy) is 1. The van der Waals surface area contributed by atoms with Crippen LogP contribution in [0.4, 0.5) is 0 Å². The maximum atomic E-state index is 11.9. The van der Waals surface area contributed by atoms with Crippen molar-refractivity contribution in [3.8, 4) is 0 Å². The van der Waals surface area contributed by atoms with E-state index in [1.807, 2.05) is 0 Å². The van der Waals surface area contributed by atoms with E-state index in [1.165, 1.54) is 57.8 Å². The minimum Gasteiger partial charge on any atom is -0.756 e. The number of carbonyl (C=O) groups excluding carboxylic acids is 1. The number of hydrogen-bond acceptors (Lipinski definition) is 9. The summed E-state index contributed by atoms with van der Waals surface area (Å²) in [6.45, 7) is -0.260. The molecule has 192 valence electrons. The molecule has 3 atom stereocenters. The summed E-state index contributed by atoms with van der Waals surface area (Å²) in [5.74, 6) is -0.520. The molecule has 0 saturated carbocycles. The number of hydrogen-bond donors (Lipinski definition) is 3. The van der Waals surface area contributed by atoms with Crippen molar-refractivity contribution >= 4 is 13.8 Å². The second-order valence-electron chi connectivity index (χ2n) is 8.16. The van der Waals surface area contributed by atoms with Gasteiger partial charge >= 0.3 is 5.97 Å². The van der Waals surface area contributed by atoms with Gasteiger partial charge in [0.1, 0.15) is 12.2 Å². The second-order valence-corrected chi connectivity index (χ2v) is 9.57. The van der Waals surface area contributed by atoms with Gasteiger partial charge in [0.2, 0.25) is 0 Å². The van der Waals surface area contributed by atoms with Gasteiger partial charge in [0, 0.05) is 6.42 Å².